The van der Waals surface area contributed by atoms with Gasteiger partial charge in [-0.2, -0.15) is 0 Å². The van der Waals surface area contributed by atoms with Crippen LogP contribution >= 0.6 is 0 Å². The molecule has 0 unspecified atom stereocenters. The van der Waals surface area contributed by atoms with Crippen molar-refractivity contribution in [2.75, 3.05) is 7.11 Å². The van der Waals surface area contributed by atoms with Crippen molar-refractivity contribution in [1.82, 2.24) is 4.57 Å². The summed E-state index contributed by atoms with van der Waals surface area (Å²) in [5.41, 5.74) is 13.6. The van der Waals surface area contributed by atoms with Gasteiger partial charge in [0.05, 0.1) is 18.8 Å². The SMILES string of the molecule is COc1ccc2c(c1)-c1c(ccn1C[C@H](C)N=[N+]=[N-])C2(C)C. The Kier molecular flexibility index (Phi) is 3.38. The minimum absolute atomic E-state index is 0.0239. The molecular formula is C17H20N4O. The van der Waals surface area contributed by atoms with Crippen molar-refractivity contribution >= 4 is 0 Å². The minimum Gasteiger partial charge on any atom is -0.497 e. The van der Waals surface area contributed by atoms with Crippen LogP contribution in [0, 0.1) is 0 Å². The summed E-state index contributed by atoms with van der Waals surface area (Å²) < 4.78 is 7.57. The largest absolute Gasteiger partial charge is 0.497 e. The maximum atomic E-state index is 8.60. The Bertz CT molecular complexity index is 769. The first-order valence-corrected chi connectivity index (χ1v) is 7.41. The predicted octanol–water partition coefficient (Wildman–Crippen LogP) is 4.50. The van der Waals surface area contributed by atoms with Gasteiger partial charge in [0.25, 0.3) is 0 Å². The van der Waals surface area contributed by atoms with Crippen molar-refractivity contribution in [1.29, 1.82) is 0 Å². The van der Waals surface area contributed by atoms with Crippen LogP contribution in [0.1, 0.15) is 31.9 Å². The van der Waals surface area contributed by atoms with Gasteiger partial charge >= 0.3 is 0 Å². The zero-order valence-corrected chi connectivity index (χ0v) is 13.4. The fourth-order valence-corrected chi connectivity index (χ4v) is 3.37. The van der Waals surface area contributed by atoms with Gasteiger partial charge in [0, 0.05) is 28.6 Å². The van der Waals surface area contributed by atoms with Crippen LogP contribution < -0.4 is 4.74 Å². The zero-order chi connectivity index (χ0) is 15.9. The van der Waals surface area contributed by atoms with Crippen molar-refractivity contribution in [3.8, 4) is 17.0 Å². The summed E-state index contributed by atoms with van der Waals surface area (Å²) in [5.74, 6) is 0.859. The van der Waals surface area contributed by atoms with Gasteiger partial charge in [-0.25, -0.2) is 0 Å². The number of benzene rings is 1. The van der Waals surface area contributed by atoms with Gasteiger partial charge in [-0.05, 0) is 34.9 Å². The number of hydrogen-bond donors (Lipinski definition) is 0. The lowest BCUT2D eigenvalue weighted by atomic mass is 9.83. The molecule has 0 aliphatic heterocycles. The molecule has 1 aliphatic rings. The van der Waals surface area contributed by atoms with Gasteiger partial charge in [0.15, 0.2) is 0 Å². The van der Waals surface area contributed by atoms with Crippen LogP contribution in [-0.4, -0.2) is 17.7 Å². The molecule has 3 rings (SSSR count). The highest BCUT2D eigenvalue weighted by Gasteiger charge is 2.37. The third kappa shape index (κ3) is 2.06. The maximum absolute atomic E-state index is 8.60. The maximum Gasteiger partial charge on any atom is 0.119 e. The van der Waals surface area contributed by atoms with E-state index in [4.69, 9.17) is 10.3 Å². The van der Waals surface area contributed by atoms with E-state index in [1.165, 1.54) is 22.4 Å². The molecule has 0 radical (unpaired) electrons. The Morgan fingerprint density at radius 1 is 1.32 bits per heavy atom. The summed E-state index contributed by atoms with van der Waals surface area (Å²) in [6.07, 6.45) is 2.08. The van der Waals surface area contributed by atoms with Gasteiger partial charge in [-0.3, -0.25) is 0 Å². The van der Waals surface area contributed by atoms with E-state index in [1.54, 1.807) is 7.11 Å². The average Bonchev–Trinajstić information content (AvgIpc) is 2.99. The third-order valence-electron chi connectivity index (χ3n) is 4.50. The molecule has 0 N–H and O–H groups in total. The van der Waals surface area contributed by atoms with Gasteiger partial charge in [0.1, 0.15) is 5.75 Å². The van der Waals surface area contributed by atoms with Crippen LogP contribution in [0.25, 0.3) is 21.7 Å². The first kappa shape index (κ1) is 14.5. The number of fused-ring (bicyclic) bond motifs is 3. The third-order valence-corrected chi connectivity index (χ3v) is 4.50. The van der Waals surface area contributed by atoms with Crippen LogP contribution in [0.4, 0.5) is 0 Å². The molecule has 0 bridgehead atoms. The summed E-state index contributed by atoms with van der Waals surface area (Å²) >= 11 is 0. The molecule has 114 valence electrons. The van der Waals surface area contributed by atoms with Gasteiger partial charge < -0.3 is 9.30 Å². The molecule has 1 aromatic carbocycles. The van der Waals surface area contributed by atoms with E-state index in [0.717, 1.165) is 5.75 Å². The highest BCUT2D eigenvalue weighted by Crippen LogP contribution is 2.50. The Hall–Kier alpha value is -2.39. The Morgan fingerprint density at radius 2 is 2.09 bits per heavy atom. The lowest BCUT2D eigenvalue weighted by molar-refractivity contribution is 0.414. The number of aromatic nitrogens is 1. The van der Waals surface area contributed by atoms with Gasteiger partial charge in [0.2, 0.25) is 0 Å². The van der Waals surface area contributed by atoms with E-state index in [-0.39, 0.29) is 11.5 Å². The first-order valence-electron chi connectivity index (χ1n) is 7.41. The Morgan fingerprint density at radius 3 is 2.77 bits per heavy atom. The van der Waals surface area contributed by atoms with Crippen molar-refractivity contribution < 1.29 is 4.74 Å². The van der Waals surface area contributed by atoms with Crippen LogP contribution in [0.15, 0.2) is 35.6 Å². The summed E-state index contributed by atoms with van der Waals surface area (Å²) in [4.78, 5) is 2.90. The highest BCUT2D eigenvalue weighted by atomic mass is 16.5. The topological polar surface area (TPSA) is 62.9 Å². The number of nitrogens with zero attached hydrogens (tertiary/aromatic N) is 4. The van der Waals surface area contributed by atoms with E-state index in [9.17, 15) is 0 Å². The molecule has 1 heterocycles. The number of azide groups is 1. The second kappa shape index (κ2) is 5.11. The number of methoxy groups -OCH3 is 1. The number of rotatable bonds is 4. The lowest BCUT2D eigenvalue weighted by Crippen LogP contribution is -2.14. The Labute approximate surface area is 130 Å². The van der Waals surface area contributed by atoms with E-state index < -0.39 is 0 Å². The van der Waals surface area contributed by atoms with Crippen LogP contribution in [0.5, 0.6) is 5.75 Å². The standard InChI is InChI=1S/C17H20N4O/c1-11(19-20-18)10-21-8-7-15-16(21)13-9-12(22-4)5-6-14(13)17(15,2)3/h5-9,11H,10H2,1-4H3/t11-/m0/s1. The molecule has 22 heavy (non-hydrogen) atoms. The zero-order valence-electron chi connectivity index (χ0n) is 13.4. The highest BCUT2D eigenvalue weighted by molar-refractivity contribution is 5.79. The van der Waals surface area contributed by atoms with E-state index in [0.29, 0.717) is 6.54 Å². The monoisotopic (exact) mass is 296 g/mol. The first-order chi connectivity index (χ1) is 10.5. The summed E-state index contributed by atoms with van der Waals surface area (Å²) in [7, 11) is 1.69. The summed E-state index contributed by atoms with van der Waals surface area (Å²) in [6, 6.07) is 8.34. The predicted molar refractivity (Wildman–Crippen MR) is 87.2 cm³/mol. The smallest absolute Gasteiger partial charge is 0.119 e. The number of ether oxygens (including phenoxy) is 1. The van der Waals surface area contributed by atoms with E-state index in [2.05, 4.69) is 52.8 Å². The van der Waals surface area contributed by atoms with Gasteiger partial charge in [-0.15, -0.1) is 0 Å². The van der Waals surface area contributed by atoms with Crippen molar-refractivity contribution in [3.05, 3.63) is 52.0 Å². The normalized spacial score (nSPS) is 15.6. The molecule has 0 spiro atoms. The fourth-order valence-electron chi connectivity index (χ4n) is 3.37. The molecule has 1 atom stereocenters. The average molecular weight is 296 g/mol. The minimum atomic E-state index is -0.0840. The molecule has 1 aliphatic carbocycles. The molecular weight excluding hydrogens is 276 g/mol. The quantitative estimate of drug-likeness (QED) is 0.465. The second-order valence-corrected chi connectivity index (χ2v) is 6.32. The van der Waals surface area contributed by atoms with Crippen molar-refractivity contribution in [3.63, 3.8) is 0 Å². The Balaban J connectivity index is 2.14. The van der Waals surface area contributed by atoms with Crippen LogP contribution in [0.2, 0.25) is 0 Å². The van der Waals surface area contributed by atoms with Crippen molar-refractivity contribution in [2.45, 2.75) is 38.8 Å². The molecule has 1 aromatic heterocycles. The molecule has 2 aromatic rings. The summed E-state index contributed by atoms with van der Waals surface area (Å²) in [6.45, 7) is 7.08. The van der Waals surface area contributed by atoms with Crippen LogP contribution in [-0.2, 0) is 12.0 Å². The van der Waals surface area contributed by atoms with E-state index in [1.807, 2.05) is 13.0 Å². The van der Waals surface area contributed by atoms with Gasteiger partial charge in [-0.1, -0.05) is 32.0 Å². The summed E-state index contributed by atoms with van der Waals surface area (Å²) in [5, 5.41) is 3.79. The molecule has 0 amide bonds. The van der Waals surface area contributed by atoms with E-state index >= 15 is 0 Å². The molecule has 5 heteroatoms. The molecule has 0 fully saturated rings. The lowest BCUT2D eigenvalue weighted by Gasteiger charge is -2.20. The van der Waals surface area contributed by atoms with Crippen LogP contribution in [0.3, 0.4) is 0 Å². The second-order valence-electron chi connectivity index (χ2n) is 6.32. The molecule has 0 saturated heterocycles. The van der Waals surface area contributed by atoms with Crippen molar-refractivity contribution in [2.24, 2.45) is 5.11 Å². The molecule has 0 saturated carbocycles. The molecule has 5 nitrogen and oxygen atoms in total. The number of hydrogen-bond acceptors (Lipinski definition) is 2. The fraction of sp³-hybridized carbons (Fsp3) is 0.412.